The SMILES string of the molecule is CC(C)C[C@H](NC(=O)c1ccccc1[N+](=O)[O-])c1ccccc1. The van der Waals surface area contributed by atoms with E-state index in [2.05, 4.69) is 19.2 Å². The number of rotatable bonds is 6. The zero-order valence-corrected chi connectivity index (χ0v) is 13.2. The number of hydrogen-bond donors (Lipinski definition) is 1. The minimum atomic E-state index is -0.533. The van der Waals surface area contributed by atoms with Crippen molar-refractivity contribution in [2.45, 2.75) is 26.3 Å². The highest BCUT2D eigenvalue weighted by atomic mass is 16.6. The van der Waals surface area contributed by atoms with Crippen LogP contribution in [0.25, 0.3) is 0 Å². The molecular formula is C18H20N2O3. The van der Waals surface area contributed by atoms with Gasteiger partial charge in [-0.3, -0.25) is 14.9 Å². The maximum Gasteiger partial charge on any atom is 0.282 e. The van der Waals surface area contributed by atoms with Gasteiger partial charge in [0.2, 0.25) is 0 Å². The van der Waals surface area contributed by atoms with E-state index in [0.29, 0.717) is 5.92 Å². The molecule has 2 aromatic rings. The molecule has 0 bridgehead atoms. The standard InChI is InChI=1S/C18H20N2O3/c1-13(2)12-16(14-8-4-3-5-9-14)19-18(21)15-10-6-7-11-17(15)20(22)23/h3-11,13,16H,12H2,1-2H3,(H,19,21)/t16-/m0/s1. The molecule has 0 fully saturated rings. The number of hydrogen-bond acceptors (Lipinski definition) is 3. The number of amides is 1. The summed E-state index contributed by atoms with van der Waals surface area (Å²) in [5.41, 5.74) is 0.900. The van der Waals surface area contributed by atoms with Gasteiger partial charge in [0.05, 0.1) is 11.0 Å². The number of para-hydroxylation sites is 1. The molecule has 1 N–H and O–H groups in total. The van der Waals surface area contributed by atoms with E-state index in [-0.39, 0.29) is 17.3 Å². The van der Waals surface area contributed by atoms with Crippen molar-refractivity contribution in [2.24, 2.45) is 5.92 Å². The molecule has 0 unspecified atom stereocenters. The largest absolute Gasteiger partial charge is 0.345 e. The maximum atomic E-state index is 12.5. The third kappa shape index (κ3) is 4.39. The third-order valence-corrected chi connectivity index (χ3v) is 3.56. The Morgan fingerprint density at radius 1 is 1.09 bits per heavy atom. The van der Waals surface area contributed by atoms with E-state index in [4.69, 9.17) is 0 Å². The van der Waals surface area contributed by atoms with Crippen molar-refractivity contribution >= 4 is 11.6 Å². The first-order valence-corrected chi connectivity index (χ1v) is 7.58. The summed E-state index contributed by atoms with van der Waals surface area (Å²) in [4.78, 5) is 23.1. The quantitative estimate of drug-likeness (QED) is 0.644. The van der Waals surface area contributed by atoms with Crippen LogP contribution in [0, 0.1) is 16.0 Å². The molecule has 0 saturated heterocycles. The molecule has 120 valence electrons. The predicted molar refractivity (Wildman–Crippen MR) is 89.2 cm³/mol. The van der Waals surface area contributed by atoms with Gasteiger partial charge in [-0.2, -0.15) is 0 Å². The van der Waals surface area contributed by atoms with Gasteiger partial charge in [0.25, 0.3) is 11.6 Å². The zero-order valence-electron chi connectivity index (χ0n) is 13.2. The lowest BCUT2D eigenvalue weighted by molar-refractivity contribution is -0.385. The Hall–Kier alpha value is -2.69. The van der Waals surface area contributed by atoms with Crippen molar-refractivity contribution in [1.82, 2.24) is 5.32 Å². The zero-order chi connectivity index (χ0) is 16.8. The molecule has 0 saturated carbocycles. The van der Waals surface area contributed by atoms with Crippen molar-refractivity contribution in [3.8, 4) is 0 Å². The molecule has 0 aliphatic carbocycles. The van der Waals surface area contributed by atoms with Crippen molar-refractivity contribution in [1.29, 1.82) is 0 Å². The smallest absolute Gasteiger partial charge is 0.282 e. The average Bonchev–Trinajstić information content (AvgIpc) is 2.54. The minimum Gasteiger partial charge on any atom is -0.345 e. The maximum absolute atomic E-state index is 12.5. The molecule has 0 radical (unpaired) electrons. The highest BCUT2D eigenvalue weighted by molar-refractivity contribution is 5.98. The highest BCUT2D eigenvalue weighted by Crippen LogP contribution is 2.23. The van der Waals surface area contributed by atoms with Crippen molar-refractivity contribution < 1.29 is 9.72 Å². The molecule has 0 aliphatic rings. The van der Waals surface area contributed by atoms with Crippen LogP contribution in [-0.4, -0.2) is 10.8 Å². The van der Waals surface area contributed by atoms with Crippen LogP contribution in [0.2, 0.25) is 0 Å². The fourth-order valence-electron chi connectivity index (χ4n) is 2.50. The summed E-state index contributed by atoms with van der Waals surface area (Å²) < 4.78 is 0. The van der Waals surface area contributed by atoms with Crippen molar-refractivity contribution in [3.63, 3.8) is 0 Å². The number of benzene rings is 2. The molecule has 1 atom stereocenters. The Labute approximate surface area is 135 Å². The summed E-state index contributed by atoms with van der Waals surface area (Å²) in [6.07, 6.45) is 0.760. The Kier molecular flexibility index (Phi) is 5.46. The van der Waals surface area contributed by atoms with Crippen LogP contribution >= 0.6 is 0 Å². The number of carbonyl (C=O) groups is 1. The molecule has 1 amide bonds. The third-order valence-electron chi connectivity index (χ3n) is 3.56. The summed E-state index contributed by atoms with van der Waals surface area (Å²) >= 11 is 0. The van der Waals surface area contributed by atoms with Gasteiger partial charge in [0.1, 0.15) is 5.56 Å². The van der Waals surface area contributed by atoms with E-state index in [9.17, 15) is 14.9 Å². The second-order valence-corrected chi connectivity index (χ2v) is 5.84. The molecule has 2 aromatic carbocycles. The summed E-state index contributed by atoms with van der Waals surface area (Å²) in [6, 6.07) is 15.5. The molecule has 0 aromatic heterocycles. The van der Waals surface area contributed by atoms with E-state index < -0.39 is 10.8 Å². The van der Waals surface area contributed by atoms with Gasteiger partial charge < -0.3 is 5.32 Å². The van der Waals surface area contributed by atoms with E-state index >= 15 is 0 Å². The second kappa shape index (κ2) is 7.54. The first-order valence-electron chi connectivity index (χ1n) is 7.58. The lowest BCUT2D eigenvalue weighted by atomic mass is 9.96. The van der Waals surface area contributed by atoms with Crippen molar-refractivity contribution in [2.75, 3.05) is 0 Å². The average molecular weight is 312 g/mol. The molecule has 5 heteroatoms. The second-order valence-electron chi connectivity index (χ2n) is 5.84. The molecule has 0 spiro atoms. The van der Waals surface area contributed by atoms with Crippen LogP contribution in [0.5, 0.6) is 0 Å². The minimum absolute atomic E-state index is 0.0854. The normalized spacial score (nSPS) is 12.0. The van der Waals surface area contributed by atoms with Crippen LogP contribution in [0.1, 0.15) is 42.2 Å². The molecule has 0 heterocycles. The Morgan fingerprint density at radius 2 is 1.70 bits per heavy atom. The van der Waals surface area contributed by atoms with Crippen LogP contribution in [0.4, 0.5) is 5.69 Å². The van der Waals surface area contributed by atoms with Gasteiger partial charge in [-0.05, 0) is 24.0 Å². The van der Waals surface area contributed by atoms with Gasteiger partial charge in [-0.1, -0.05) is 56.3 Å². The van der Waals surface area contributed by atoms with E-state index in [0.717, 1.165) is 12.0 Å². The fourth-order valence-corrected chi connectivity index (χ4v) is 2.50. The Morgan fingerprint density at radius 3 is 2.30 bits per heavy atom. The number of nitro benzene ring substituents is 1. The van der Waals surface area contributed by atoms with E-state index in [1.165, 1.54) is 12.1 Å². The summed E-state index contributed by atoms with van der Waals surface area (Å²) in [7, 11) is 0. The number of nitrogens with zero attached hydrogens (tertiary/aromatic N) is 1. The van der Waals surface area contributed by atoms with Crippen molar-refractivity contribution in [3.05, 3.63) is 75.8 Å². The predicted octanol–water partition coefficient (Wildman–Crippen LogP) is 4.11. The molecule has 0 aliphatic heterocycles. The molecular weight excluding hydrogens is 292 g/mol. The van der Waals surface area contributed by atoms with Gasteiger partial charge in [0, 0.05) is 6.07 Å². The van der Waals surface area contributed by atoms with Crippen LogP contribution in [0.15, 0.2) is 54.6 Å². The van der Waals surface area contributed by atoms with Gasteiger partial charge >= 0.3 is 0 Å². The Balaban J connectivity index is 2.26. The summed E-state index contributed by atoms with van der Waals surface area (Å²) in [5, 5.41) is 14.0. The van der Waals surface area contributed by atoms with Gasteiger partial charge in [-0.25, -0.2) is 0 Å². The summed E-state index contributed by atoms with van der Waals surface area (Å²) in [5.74, 6) is -0.0435. The van der Waals surface area contributed by atoms with Gasteiger partial charge in [0.15, 0.2) is 0 Å². The Bertz CT molecular complexity index is 684. The summed E-state index contributed by atoms with van der Waals surface area (Å²) in [6.45, 7) is 4.15. The number of nitrogens with one attached hydrogen (secondary N) is 1. The first kappa shape index (κ1) is 16.7. The first-order chi connectivity index (χ1) is 11.0. The van der Waals surface area contributed by atoms with Crippen LogP contribution < -0.4 is 5.32 Å². The lowest BCUT2D eigenvalue weighted by Crippen LogP contribution is -2.30. The highest BCUT2D eigenvalue weighted by Gasteiger charge is 2.22. The fraction of sp³-hybridized carbons (Fsp3) is 0.278. The van der Waals surface area contributed by atoms with E-state index in [1.54, 1.807) is 12.1 Å². The van der Waals surface area contributed by atoms with Crippen LogP contribution in [0.3, 0.4) is 0 Å². The molecule has 23 heavy (non-hydrogen) atoms. The van der Waals surface area contributed by atoms with Crippen LogP contribution in [-0.2, 0) is 0 Å². The topological polar surface area (TPSA) is 72.2 Å². The lowest BCUT2D eigenvalue weighted by Gasteiger charge is -2.21. The van der Waals surface area contributed by atoms with Gasteiger partial charge in [-0.15, -0.1) is 0 Å². The monoisotopic (exact) mass is 312 g/mol. The van der Waals surface area contributed by atoms with E-state index in [1.807, 2.05) is 30.3 Å². The molecule has 2 rings (SSSR count). The molecule has 5 nitrogen and oxygen atoms in total. The number of carbonyl (C=O) groups excluding carboxylic acids is 1. The number of nitro groups is 1.